The van der Waals surface area contributed by atoms with Crippen LogP contribution in [0.3, 0.4) is 0 Å². The van der Waals surface area contributed by atoms with E-state index in [0.717, 1.165) is 6.04 Å². The smallest absolute Gasteiger partial charge is 0.00947 e. The van der Waals surface area contributed by atoms with E-state index >= 15 is 0 Å². The summed E-state index contributed by atoms with van der Waals surface area (Å²) in [6, 6.07) is 1.49. The molecule has 0 amide bonds. The lowest BCUT2D eigenvalue weighted by Gasteiger charge is -2.31. The van der Waals surface area contributed by atoms with Gasteiger partial charge in [-0.05, 0) is 33.7 Å². The Morgan fingerprint density at radius 3 is 1.67 bits per heavy atom. The van der Waals surface area contributed by atoms with Gasteiger partial charge in [-0.2, -0.15) is 0 Å². The number of nitrogens with zero attached hydrogens (tertiary/aromatic N) is 1. The molecule has 0 rings (SSSR count). The van der Waals surface area contributed by atoms with Crippen molar-refractivity contribution in [1.82, 2.24) is 4.90 Å². The highest BCUT2D eigenvalue weighted by Crippen LogP contribution is 2.13. The first-order valence-corrected chi connectivity index (χ1v) is 5.35. The second-order valence-corrected chi connectivity index (χ2v) is 3.99. The zero-order valence-corrected chi connectivity index (χ0v) is 9.43. The van der Waals surface area contributed by atoms with Crippen molar-refractivity contribution in [2.45, 2.75) is 65.5 Å². The molecule has 0 aliphatic rings. The number of rotatable bonds is 6. The lowest BCUT2D eigenvalue weighted by molar-refractivity contribution is 0.174. The number of hydrogen-bond donors (Lipinski definition) is 0. The zero-order chi connectivity index (χ0) is 9.56. The van der Waals surface area contributed by atoms with E-state index in [-0.39, 0.29) is 0 Å². The van der Waals surface area contributed by atoms with Crippen molar-refractivity contribution < 1.29 is 0 Å². The molecule has 0 saturated heterocycles. The molecule has 1 heteroatoms. The third kappa shape index (κ3) is 4.10. The van der Waals surface area contributed by atoms with Gasteiger partial charge in [-0.1, -0.05) is 26.7 Å². The third-order valence-corrected chi connectivity index (χ3v) is 2.63. The Kier molecular flexibility index (Phi) is 6.45. The van der Waals surface area contributed by atoms with Crippen molar-refractivity contribution in [3.05, 3.63) is 0 Å². The Hall–Kier alpha value is -0.0400. The van der Waals surface area contributed by atoms with Crippen molar-refractivity contribution in [2.75, 3.05) is 7.05 Å². The summed E-state index contributed by atoms with van der Waals surface area (Å²) in [6.07, 6.45) is 5.31. The van der Waals surface area contributed by atoms with Crippen LogP contribution in [0.2, 0.25) is 0 Å². The van der Waals surface area contributed by atoms with Gasteiger partial charge in [-0.3, -0.25) is 0 Å². The van der Waals surface area contributed by atoms with E-state index in [0.29, 0.717) is 6.04 Å². The van der Waals surface area contributed by atoms with Crippen LogP contribution in [0.4, 0.5) is 0 Å². The normalized spacial score (nSPS) is 12.0. The summed E-state index contributed by atoms with van der Waals surface area (Å²) in [6.45, 7) is 9.10. The van der Waals surface area contributed by atoms with Crippen molar-refractivity contribution >= 4 is 0 Å². The molecule has 74 valence electrons. The summed E-state index contributed by atoms with van der Waals surface area (Å²) in [4.78, 5) is 2.51. The molecule has 0 aromatic carbocycles. The molecule has 0 aliphatic carbocycles. The summed E-state index contributed by atoms with van der Waals surface area (Å²) in [5, 5.41) is 0. The maximum Gasteiger partial charge on any atom is 0.00947 e. The fraction of sp³-hybridized carbons (Fsp3) is 1.00. The Morgan fingerprint density at radius 1 is 1.00 bits per heavy atom. The molecule has 0 saturated carbocycles. The van der Waals surface area contributed by atoms with E-state index < -0.39 is 0 Å². The molecule has 0 radical (unpaired) electrons. The summed E-state index contributed by atoms with van der Waals surface area (Å²) in [7, 11) is 2.25. The number of hydrogen-bond acceptors (Lipinski definition) is 1. The summed E-state index contributed by atoms with van der Waals surface area (Å²) < 4.78 is 0. The molecule has 0 unspecified atom stereocenters. The van der Waals surface area contributed by atoms with E-state index in [2.05, 4.69) is 39.6 Å². The highest BCUT2D eigenvalue weighted by atomic mass is 15.1. The van der Waals surface area contributed by atoms with Crippen LogP contribution in [-0.4, -0.2) is 24.0 Å². The Bertz CT molecular complexity index is 93.2. The average molecular weight is 171 g/mol. The minimum absolute atomic E-state index is 0.688. The SMILES string of the molecule is CCCC(CCC)N(C)C(C)C. The molecule has 0 N–H and O–H groups in total. The van der Waals surface area contributed by atoms with Crippen LogP contribution in [-0.2, 0) is 0 Å². The quantitative estimate of drug-likeness (QED) is 0.592. The predicted octanol–water partition coefficient (Wildman–Crippen LogP) is 3.30. The van der Waals surface area contributed by atoms with Crippen LogP contribution in [0.15, 0.2) is 0 Å². The van der Waals surface area contributed by atoms with Crippen LogP contribution in [0.5, 0.6) is 0 Å². The van der Waals surface area contributed by atoms with E-state index in [1.807, 2.05) is 0 Å². The standard InChI is InChI=1S/C11H25N/c1-6-8-11(9-7-2)12(5)10(3)4/h10-11H,6-9H2,1-5H3. The van der Waals surface area contributed by atoms with Gasteiger partial charge >= 0.3 is 0 Å². The second-order valence-electron chi connectivity index (χ2n) is 3.99. The van der Waals surface area contributed by atoms with Gasteiger partial charge in [0.2, 0.25) is 0 Å². The van der Waals surface area contributed by atoms with Gasteiger partial charge in [0.15, 0.2) is 0 Å². The monoisotopic (exact) mass is 171 g/mol. The summed E-state index contributed by atoms with van der Waals surface area (Å²) in [5.41, 5.74) is 0. The van der Waals surface area contributed by atoms with Gasteiger partial charge in [0, 0.05) is 12.1 Å². The highest BCUT2D eigenvalue weighted by Gasteiger charge is 2.14. The lowest BCUT2D eigenvalue weighted by Crippen LogP contribution is -2.36. The van der Waals surface area contributed by atoms with E-state index in [1.165, 1.54) is 25.7 Å². The van der Waals surface area contributed by atoms with Crippen molar-refractivity contribution in [2.24, 2.45) is 0 Å². The largest absolute Gasteiger partial charge is 0.301 e. The Balaban J connectivity index is 3.89. The first-order chi connectivity index (χ1) is 5.63. The summed E-state index contributed by atoms with van der Waals surface area (Å²) >= 11 is 0. The molecule has 1 nitrogen and oxygen atoms in total. The van der Waals surface area contributed by atoms with Crippen LogP contribution in [0, 0.1) is 0 Å². The molecule has 0 aliphatic heterocycles. The van der Waals surface area contributed by atoms with E-state index in [4.69, 9.17) is 0 Å². The van der Waals surface area contributed by atoms with Crippen molar-refractivity contribution in [1.29, 1.82) is 0 Å². The van der Waals surface area contributed by atoms with Gasteiger partial charge in [0.25, 0.3) is 0 Å². The second kappa shape index (κ2) is 6.47. The van der Waals surface area contributed by atoms with Gasteiger partial charge < -0.3 is 4.90 Å². The minimum Gasteiger partial charge on any atom is -0.301 e. The molecule has 0 heterocycles. The molecular weight excluding hydrogens is 146 g/mol. The molecular formula is C11H25N. The van der Waals surface area contributed by atoms with Crippen LogP contribution in [0.1, 0.15) is 53.4 Å². The maximum absolute atomic E-state index is 2.51. The van der Waals surface area contributed by atoms with Crippen molar-refractivity contribution in [3.8, 4) is 0 Å². The molecule has 0 fully saturated rings. The van der Waals surface area contributed by atoms with Gasteiger partial charge in [0.05, 0.1) is 0 Å². The van der Waals surface area contributed by atoms with Crippen LogP contribution in [0.25, 0.3) is 0 Å². The van der Waals surface area contributed by atoms with Crippen LogP contribution < -0.4 is 0 Å². The minimum atomic E-state index is 0.688. The maximum atomic E-state index is 2.51. The van der Waals surface area contributed by atoms with E-state index in [1.54, 1.807) is 0 Å². The topological polar surface area (TPSA) is 3.24 Å². The molecule has 0 aromatic heterocycles. The average Bonchev–Trinajstić information content (AvgIpc) is 2.03. The first-order valence-electron chi connectivity index (χ1n) is 5.35. The third-order valence-electron chi connectivity index (χ3n) is 2.63. The van der Waals surface area contributed by atoms with Gasteiger partial charge in [-0.15, -0.1) is 0 Å². The first kappa shape index (κ1) is 12.0. The fourth-order valence-electron chi connectivity index (χ4n) is 1.64. The lowest BCUT2D eigenvalue weighted by atomic mass is 10.0. The molecule has 0 bridgehead atoms. The summed E-state index contributed by atoms with van der Waals surface area (Å²) in [5.74, 6) is 0. The Morgan fingerprint density at radius 2 is 1.42 bits per heavy atom. The predicted molar refractivity (Wildman–Crippen MR) is 56.5 cm³/mol. The fourth-order valence-corrected chi connectivity index (χ4v) is 1.64. The van der Waals surface area contributed by atoms with Gasteiger partial charge in [-0.25, -0.2) is 0 Å². The molecule has 0 atom stereocenters. The Labute approximate surface area is 78.1 Å². The zero-order valence-electron chi connectivity index (χ0n) is 9.43. The highest BCUT2D eigenvalue weighted by molar-refractivity contribution is 4.70. The van der Waals surface area contributed by atoms with Crippen molar-refractivity contribution in [3.63, 3.8) is 0 Å². The molecule has 0 aromatic rings. The van der Waals surface area contributed by atoms with Crippen LogP contribution >= 0.6 is 0 Å². The van der Waals surface area contributed by atoms with E-state index in [9.17, 15) is 0 Å². The molecule has 12 heavy (non-hydrogen) atoms. The molecule has 0 spiro atoms. The van der Waals surface area contributed by atoms with Gasteiger partial charge in [0.1, 0.15) is 0 Å².